The highest BCUT2D eigenvalue weighted by Crippen LogP contribution is 2.29. The Morgan fingerprint density at radius 3 is 2.77 bits per heavy atom. The average molecular weight is 355 g/mol. The minimum absolute atomic E-state index is 0.00285. The van der Waals surface area contributed by atoms with Gasteiger partial charge in [0.1, 0.15) is 0 Å². The van der Waals surface area contributed by atoms with Crippen LogP contribution in [0.4, 0.5) is 0 Å². The molecule has 2 saturated heterocycles. The maximum atomic E-state index is 12.3. The second kappa shape index (κ2) is 7.53. The molecule has 0 aliphatic carbocycles. The van der Waals surface area contributed by atoms with Gasteiger partial charge in [0.25, 0.3) is 0 Å². The van der Waals surface area contributed by atoms with E-state index in [9.17, 15) is 4.79 Å². The SMILES string of the molecule is CN1CCC(Cc2noc([C@H]3CC(=O)N(Cc4ccncc4)C3)n2)CC1. The monoisotopic (exact) mass is 355 g/mol. The van der Waals surface area contributed by atoms with Gasteiger partial charge < -0.3 is 14.3 Å². The van der Waals surface area contributed by atoms with Crippen LogP contribution in [0.1, 0.15) is 42.5 Å². The normalized spacial score (nSPS) is 22.3. The molecule has 0 spiro atoms. The molecule has 7 nitrogen and oxygen atoms in total. The standard InChI is InChI=1S/C19H25N5O2/c1-23-8-4-14(5-9-23)10-17-21-19(26-22-17)16-11-18(25)24(13-16)12-15-2-6-20-7-3-15/h2-3,6-7,14,16H,4-5,8-13H2,1H3/t16-/m0/s1. The van der Waals surface area contributed by atoms with E-state index in [0.29, 0.717) is 31.3 Å². The molecule has 2 aromatic heterocycles. The van der Waals surface area contributed by atoms with Crippen molar-refractivity contribution in [1.82, 2.24) is 24.9 Å². The molecular formula is C19H25N5O2. The van der Waals surface area contributed by atoms with E-state index in [2.05, 4.69) is 27.1 Å². The molecule has 2 aliphatic rings. The maximum absolute atomic E-state index is 12.3. The number of hydrogen-bond acceptors (Lipinski definition) is 6. The van der Waals surface area contributed by atoms with Gasteiger partial charge in [0.15, 0.2) is 5.82 Å². The summed E-state index contributed by atoms with van der Waals surface area (Å²) < 4.78 is 5.50. The number of rotatable bonds is 5. The molecule has 0 bridgehead atoms. The van der Waals surface area contributed by atoms with Crippen LogP contribution in [-0.4, -0.2) is 57.5 Å². The smallest absolute Gasteiger partial charge is 0.232 e. The predicted octanol–water partition coefficient (Wildman–Crippen LogP) is 1.86. The summed E-state index contributed by atoms with van der Waals surface area (Å²) in [6.45, 7) is 3.51. The molecule has 2 aliphatic heterocycles. The lowest BCUT2D eigenvalue weighted by atomic mass is 9.93. The highest BCUT2D eigenvalue weighted by molar-refractivity contribution is 5.79. The van der Waals surface area contributed by atoms with Crippen molar-refractivity contribution in [2.45, 2.75) is 38.1 Å². The molecule has 0 saturated carbocycles. The Kier molecular flexibility index (Phi) is 4.97. The number of likely N-dealkylation sites (tertiary alicyclic amines) is 2. The van der Waals surface area contributed by atoms with Gasteiger partial charge in [-0.05, 0) is 56.6 Å². The maximum Gasteiger partial charge on any atom is 0.232 e. The first-order chi connectivity index (χ1) is 12.7. The summed E-state index contributed by atoms with van der Waals surface area (Å²) in [6, 6.07) is 3.88. The van der Waals surface area contributed by atoms with Gasteiger partial charge in [0.05, 0.1) is 5.92 Å². The Bertz CT molecular complexity index is 739. The quantitative estimate of drug-likeness (QED) is 0.815. The van der Waals surface area contributed by atoms with Crippen molar-refractivity contribution >= 4 is 5.91 Å². The fourth-order valence-corrected chi connectivity index (χ4v) is 3.84. The summed E-state index contributed by atoms with van der Waals surface area (Å²) in [4.78, 5) is 25.2. The zero-order valence-corrected chi connectivity index (χ0v) is 15.2. The van der Waals surface area contributed by atoms with Gasteiger partial charge in [-0.15, -0.1) is 0 Å². The third kappa shape index (κ3) is 3.93. The minimum atomic E-state index is 0.00285. The molecule has 0 unspecified atom stereocenters. The lowest BCUT2D eigenvalue weighted by molar-refractivity contribution is -0.128. The zero-order chi connectivity index (χ0) is 17.9. The van der Waals surface area contributed by atoms with Gasteiger partial charge >= 0.3 is 0 Å². The fourth-order valence-electron chi connectivity index (χ4n) is 3.84. The summed E-state index contributed by atoms with van der Waals surface area (Å²) >= 11 is 0. The Labute approximate surface area is 153 Å². The number of hydrogen-bond donors (Lipinski definition) is 0. The number of amides is 1. The van der Waals surface area contributed by atoms with Gasteiger partial charge in [-0.1, -0.05) is 5.16 Å². The van der Waals surface area contributed by atoms with Crippen LogP contribution in [0.25, 0.3) is 0 Å². The van der Waals surface area contributed by atoms with Crippen molar-refractivity contribution in [2.75, 3.05) is 26.7 Å². The Morgan fingerprint density at radius 2 is 2.00 bits per heavy atom. The van der Waals surface area contributed by atoms with Crippen LogP contribution >= 0.6 is 0 Å². The lowest BCUT2D eigenvalue weighted by Gasteiger charge is -2.28. The van der Waals surface area contributed by atoms with E-state index in [4.69, 9.17) is 4.52 Å². The third-order valence-electron chi connectivity index (χ3n) is 5.48. The second-order valence-corrected chi connectivity index (χ2v) is 7.53. The Morgan fingerprint density at radius 1 is 1.23 bits per heavy atom. The van der Waals surface area contributed by atoms with Crippen molar-refractivity contribution in [1.29, 1.82) is 0 Å². The van der Waals surface area contributed by atoms with Crippen LogP contribution in [0.3, 0.4) is 0 Å². The van der Waals surface area contributed by atoms with E-state index in [1.807, 2.05) is 17.0 Å². The Hall–Kier alpha value is -2.28. The molecule has 2 fully saturated rings. The number of aromatic nitrogens is 3. The molecule has 26 heavy (non-hydrogen) atoms. The molecule has 1 atom stereocenters. The second-order valence-electron chi connectivity index (χ2n) is 7.53. The molecule has 138 valence electrons. The van der Waals surface area contributed by atoms with Crippen LogP contribution in [0, 0.1) is 5.92 Å². The molecule has 1 amide bonds. The van der Waals surface area contributed by atoms with Crippen LogP contribution in [0.5, 0.6) is 0 Å². The summed E-state index contributed by atoms with van der Waals surface area (Å²) in [5, 5.41) is 4.17. The van der Waals surface area contributed by atoms with E-state index in [1.54, 1.807) is 12.4 Å². The molecule has 2 aromatic rings. The van der Waals surface area contributed by atoms with Crippen molar-refractivity contribution < 1.29 is 9.32 Å². The van der Waals surface area contributed by atoms with Gasteiger partial charge in [0, 0.05) is 38.3 Å². The van der Waals surface area contributed by atoms with Gasteiger partial charge in [0.2, 0.25) is 11.8 Å². The predicted molar refractivity (Wildman–Crippen MR) is 95.2 cm³/mol. The number of pyridine rings is 1. The number of carbonyl (C=O) groups excluding carboxylic acids is 1. The molecule has 4 heterocycles. The van der Waals surface area contributed by atoms with Crippen molar-refractivity contribution in [3.8, 4) is 0 Å². The molecule has 0 radical (unpaired) electrons. The summed E-state index contributed by atoms with van der Waals surface area (Å²) in [5.41, 5.74) is 1.09. The number of carbonyl (C=O) groups is 1. The molecule has 0 N–H and O–H groups in total. The van der Waals surface area contributed by atoms with Gasteiger partial charge in [-0.25, -0.2) is 0 Å². The summed E-state index contributed by atoms with van der Waals surface area (Å²) in [6.07, 6.45) is 7.19. The van der Waals surface area contributed by atoms with Crippen molar-refractivity contribution in [3.63, 3.8) is 0 Å². The first kappa shape index (κ1) is 17.1. The van der Waals surface area contributed by atoms with Crippen LogP contribution in [0.2, 0.25) is 0 Å². The van der Waals surface area contributed by atoms with E-state index in [1.165, 1.54) is 12.8 Å². The minimum Gasteiger partial charge on any atom is -0.339 e. The van der Waals surface area contributed by atoms with Crippen molar-refractivity contribution in [3.05, 3.63) is 41.8 Å². The first-order valence-corrected chi connectivity index (χ1v) is 9.35. The first-order valence-electron chi connectivity index (χ1n) is 9.35. The fraction of sp³-hybridized carbons (Fsp3) is 0.579. The van der Waals surface area contributed by atoms with Crippen LogP contribution < -0.4 is 0 Å². The summed E-state index contributed by atoms with van der Waals surface area (Å²) in [5.74, 6) is 2.17. The summed E-state index contributed by atoms with van der Waals surface area (Å²) in [7, 11) is 2.16. The molecule has 4 rings (SSSR count). The number of nitrogens with zero attached hydrogens (tertiary/aromatic N) is 5. The third-order valence-corrected chi connectivity index (χ3v) is 5.48. The lowest BCUT2D eigenvalue weighted by Crippen LogP contribution is -2.31. The van der Waals surface area contributed by atoms with E-state index < -0.39 is 0 Å². The highest BCUT2D eigenvalue weighted by atomic mass is 16.5. The van der Waals surface area contributed by atoms with Crippen LogP contribution in [-0.2, 0) is 17.8 Å². The average Bonchev–Trinajstić information content (AvgIpc) is 3.25. The van der Waals surface area contributed by atoms with Crippen molar-refractivity contribution in [2.24, 2.45) is 5.92 Å². The molecular weight excluding hydrogens is 330 g/mol. The molecule has 0 aromatic carbocycles. The molecule has 7 heteroatoms. The largest absolute Gasteiger partial charge is 0.339 e. The topological polar surface area (TPSA) is 75.4 Å². The van der Waals surface area contributed by atoms with Crippen LogP contribution in [0.15, 0.2) is 29.0 Å². The van der Waals surface area contributed by atoms with E-state index in [-0.39, 0.29) is 11.8 Å². The van der Waals surface area contributed by atoms with E-state index >= 15 is 0 Å². The Balaban J connectivity index is 1.35. The van der Waals surface area contributed by atoms with E-state index in [0.717, 1.165) is 30.9 Å². The number of piperidine rings is 1. The highest BCUT2D eigenvalue weighted by Gasteiger charge is 2.34. The zero-order valence-electron chi connectivity index (χ0n) is 15.2. The van der Waals surface area contributed by atoms with Gasteiger partial charge in [-0.3, -0.25) is 9.78 Å². The van der Waals surface area contributed by atoms with Gasteiger partial charge in [-0.2, -0.15) is 4.98 Å².